The van der Waals surface area contributed by atoms with Crippen molar-refractivity contribution in [3.8, 4) is 0 Å². The third kappa shape index (κ3) is 17.4. The molecule has 2 amide bonds. The average Bonchev–Trinajstić information content (AvgIpc) is 2.55. The summed E-state index contributed by atoms with van der Waals surface area (Å²) >= 11 is 7.67. The van der Waals surface area contributed by atoms with Crippen LogP contribution >= 0.6 is 37.7 Å². The van der Waals surface area contributed by atoms with Gasteiger partial charge in [-0.25, -0.2) is 0 Å². The molecule has 0 fully saturated rings. The summed E-state index contributed by atoms with van der Waals surface area (Å²) in [6, 6.07) is -2.15. The molecule has 0 aliphatic heterocycles. The van der Waals surface area contributed by atoms with E-state index in [0.717, 1.165) is 5.75 Å². The smallest absolute Gasteiger partial charge is 0.322 e. The molecule has 0 radical (unpaired) electrons. The molecule has 2 atom stereocenters. The lowest BCUT2D eigenvalue weighted by atomic mass is 10.1. The van der Waals surface area contributed by atoms with Gasteiger partial charge < -0.3 is 32.3 Å². The van der Waals surface area contributed by atoms with Gasteiger partial charge >= 0.3 is 11.9 Å². The summed E-state index contributed by atoms with van der Waals surface area (Å²) < 4.78 is 0. The maximum Gasteiger partial charge on any atom is 0.322 e. The Morgan fingerprint density at radius 2 is 1.64 bits per heavy atom. The Balaban J connectivity index is -0.000000867. The molecule has 13 heteroatoms. The summed E-state index contributed by atoms with van der Waals surface area (Å²) in [7, 11) is 0. The molecule has 8 N–H and O–H groups in total. The van der Waals surface area contributed by atoms with Gasteiger partial charge in [0.1, 0.15) is 18.6 Å². The van der Waals surface area contributed by atoms with Gasteiger partial charge in [0.2, 0.25) is 11.8 Å². The third-order valence-corrected chi connectivity index (χ3v) is 3.00. The van der Waals surface area contributed by atoms with Crippen molar-refractivity contribution in [3.63, 3.8) is 0 Å². The van der Waals surface area contributed by atoms with Crippen molar-refractivity contribution in [1.82, 2.24) is 10.6 Å². The largest absolute Gasteiger partial charge is 0.480 e. The molecule has 0 aromatic rings. The molecule has 25 heavy (non-hydrogen) atoms. The zero-order chi connectivity index (χ0) is 19.1. The number of carboxylic acids is 2. The summed E-state index contributed by atoms with van der Waals surface area (Å²) in [5.41, 5.74) is 10.2. The van der Waals surface area contributed by atoms with Crippen molar-refractivity contribution < 1.29 is 29.4 Å². The van der Waals surface area contributed by atoms with Gasteiger partial charge in [0, 0.05) is 24.5 Å². The minimum atomic E-state index is -1.22. The van der Waals surface area contributed by atoms with Gasteiger partial charge in [-0.3, -0.25) is 19.2 Å². The first-order chi connectivity index (χ1) is 11.2. The molecule has 0 spiro atoms. The van der Waals surface area contributed by atoms with Crippen molar-refractivity contribution in [2.45, 2.75) is 24.9 Å². The zero-order valence-electron chi connectivity index (χ0n) is 13.4. The van der Waals surface area contributed by atoms with Crippen molar-refractivity contribution in [2.24, 2.45) is 11.5 Å². The maximum absolute atomic E-state index is 11.5. The van der Waals surface area contributed by atoms with E-state index in [-0.39, 0.29) is 31.0 Å². The predicted octanol–water partition coefficient (Wildman–Crippen LogP) is -1.91. The van der Waals surface area contributed by atoms with E-state index in [4.69, 9.17) is 21.7 Å². The Kier molecular flexibility index (Phi) is 20.1. The normalized spacial score (nSPS) is 11.7. The molecule has 0 saturated heterocycles. The highest BCUT2D eigenvalue weighted by Gasteiger charge is 2.20. The molecular weight excluding hydrogens is 396 g/mol. The molecule has 0 rings (SSSR count). The fraction of sp³-hybridized carbons (Fsp3) is 0.667. The lowest BCUT2D eigenvalue weighted by Crippen LogP contribution is -2.49. The molecule has 0 aliphatic rings. The lowest BCUT2D eigenvalue weighted by Gasteiger charge is -2.16. The van der Waals surface area contributed by atoms with Gasteiger partial charge in [-0.15, -0.1) is 12.4 Å². The van der Waals surface area contributed by atoms with E-state index in [9.17, 15) is 19.2 Å². The molecular formula is C12H25ClN4O6S2. The number of thiol groups is 2. The van der Waals surface area contributed by atoms with Gasteiger partial charge in [0.25, 0.3) is 0 Å². The SMILES string of the molecule is Cl.NCCS.N[C@@H](CCC(=O)N[C@@H](CS)C(=O)NCC(=O)O)C(=O)O. The number of halogens is 1. The van der Waals surface area contributed by atoms with E-state index >= 15 is 0 Å². The van der Waals surface area contributed by atoms with Crippen LogP contribution in [0.15, 0.2) is 0 Å². The molecule has 0 bridgehead atoms. The van der Waals surface area contributed by atoms with E-state index in [1.807, 2.05) is 0 Å². The van der Waals surface area contributed by atoms with E-state index < -0.39 is 42.4 Å². The predicted molar refractivity (Wildman–Crippen MR) is 101 cm³/mol. The first-order valence-corrected chi connectivity index (χ1v) is 8.15. The Hall–Kier alpha value is -1.21. The molecule has 0 aromatic carbocycles. The summed E-state index contributed by atoms with van der Waals surface area (Å²) in [5.74, 6) is -2.91. The van der Waals surface area contributed by atoms with Crippen LogP contribution in [0.2, 0.25) is 0 Å². The van der Waals surface area contributed by atoms with Gasteiger partial charge in [0.15, 0.2) is 0 Å². The van der Waals surface area contributed by atoms with Crippen LogP contribution in [-0.4, -0.2) is 70.6 Å². The van der Waals surface area contributed by atoms with Crippen molar-refractivity contribution in [2.75, 3.05) is 24.6 Å². The van der Waals surface area contributed by atoms with Gasteiger partial charge in [-0.05, 0) is 6.42 Å². The molecule has 0 heterocycles. The topological polar surface area (TPSA) is 185 Å². The van der Waals surface area contributed by atoms with Crippen LogP contribution in [-0.2, 0) is 19.2 Å². The van der Waals surface area contributed by atoms with Gasteiger partial charge in [-0.2, -0.15) is 25.3 Å². The molecule has 0 saturated carbocycles. The highest BCUT2D eigenvalue weighted by atomic mass is 35.5. The Labute approximate surface area is 162 Å². The highest BCUT2D eigenvalue weighted by molar-refractivity contribution is 7.80. The minimum absolute atomic E-state index is 0. The van der Waals surface area contributed by atoms with Crippen LogP contribution in [0.25, 0.3) is 0 Å². The summed E-state index contributed by atoms with van der Waals surface area (Å²) in [4.78, 5) is 43.7. The van der Waals surface area contributed by atoms with Crippen LogP contribution in [0, 0.1) is 0 Å². The maximum atomic E-state index is 11.5. The lowest BCUT2D eigenvalue weighted by molar-refractivity contribution is -0.139. The van der Waals surface area contributed by atoms with Crippen LogP contribution in [0.5, 0.6) is 0 Å². The van der Waals surface area contributed by atoms with Gasteiger partial charge in [0.05, 0.1) is 0 Å². The number of carbonyl (C=O) groups excluding carboxylic acids is 2. The fourth-order valence-corrected chi connectivity index (χ4v) is 1.41. The summed E-state index contributed by atoms with van der Waals surface area (Å²) in [5, 5.41) is 21.4. The Morgan fingerprint density at radius 1 is 1.12 bits per heavy atom. The van der Waals surface area contributed by atoms with Crippen LogP contribution in [0.1, 0.15) is 12.8 Å². The summed E-state index contributed by atoms with van der Waals surface area (Å²) in [6.45, 7) is 0.117. The van der Waals surface area contributed by atoms with E-state index in [0.29, 0.717) is 6.54 Å². The van der Waals surface area contributed by atoms with E-state index in [2.05, 4.69) is 35.9 Å². The van der Waals surface area contributed by atoms with Crippen LogP contribution in [0.3, 0.4) is 0 Å². The van der Waals surface area contributed by atoms with Crippen molar-refractivity contribution in [1.29, 1.82) is 0 Å². The molecule has 0 aromatic heterocycles. The second-order valence-electron chi connectivity index (χ2n) is 4.41. The van der Waals surface area contributed by atoms with E-state index in [1.165, 1.54) is 0 Å². The second kappa shape index (κ2) is 17.6. The molecule has 0 unspecified atom stereocenters. The Morgan fingerprint density at radius 3 is 2.00 bits per heavy atom. The number of hydrogen-bond donors (Lipinski definition) is 8. The first-order valence-electron chi connectivity index (χ1n) is 6.88. The number of carbonyl (C=O) groups is 4. The first kappa shape index (κ1) is 28.6. The molecule has 0 aliphatic carbocycles. The number of carboxylic acid groups (broad SMARTS) is 2. The second-order valence-corrected chi connectivity index (χ2v) is 5.22. The number of rotatable bonds is 10. The standard InChI is InChI=1S/C10H17N3O6S.C2H7NS.ClH/c11-5(10(18)19)1-2-7(14)13-6(4-20)9(17)12-3-8(15)16;3-1-2-4;/h5-6,20H,1-4,11H2,(H,12,17)(H,13,14)(H,15,16)(H,18,19);4H,1-3H2;1H/t5-,6-;;/m0../s1. The number of nitrogens with two attached hydrogens (primary N) is 2. The quantitative estimate of drug-likeness (QED) is 0.188. The minimum Gasteiger partial charge on any atom is -0.480 e. The molecule has 10 nitrogen and oxygen atoms in total. The monoisotopic (exact) mass is 420 g/mol. The van der Waals surface area contributed by atoms with E-state index in [1.54, 1.807) is 0 Å². The third-order valence-electron chi connectivity index (χ3n) is 2.38. The Bertz CT molecular complexity index is 428. The highest BCUT2D eigenvalue weighted by Crippen LogP contribution is 1.97. The number of hydrogen-bond acceptors (Lipinski definition) is 8. The molecule has 148 valence electrons. The number of amides is 2. The summed E-state index contributed by atoms with van der Waals surface area (Å²) in [6.07, 6.45) is -0.235. The van der Waals surface area contributed by atoms with Gasteiger partial charge in [-0.1, -0.05) is 0 Å². The van der Waals surface area contributed by atoms with Crippen LogP contribution < -0.4 is 22.1 Å². The van der Waals surface area contributed by atoms with Crippen molar-refractivity contribution >= 4 is 61.4 Å². The fourth-order valence-electron chi connectivity index (χ4n) is 1.16. The zero-order valence-corrected chi connectivity index (χ0v) is 16.0. The number of aliphatic carboxylic acids is 2. The average molecular weight is 421 g/mol. The van der Waals surface area contributed by atoms with Crippen LogP contribution in [0.4, 0.5) is 0 Å². The number of nitrogens with one attached hydrogen (secondary N) is 2. The van der Waals surface area contributed by atoms with Crippen molar-refractivity contribution in [3.05, 3.63) is 0 Å².